The topological polar surface area (TPSA) is 75.6 Å². The molecule has 2 N–H and O–H groups in total. The van der Waals surface area contributed by atoms with Gasteiger partial charge in [-0.3, -0.25) is 4.79 Å². The predicted octanol–water partition coefficient (Wildman–Crippen LogP) is 1.99. The molecule has 5 heteroatoms. The Morgan fingerprint density at radius 2 is 2.11 bits per heavy atom. The van der Waals surface area contributed by atoms with Crippen LogP contribution < -0.4 is 10.1 Å². The van der Waals surface area contributed by atoms with Gasteiger partial charge in [-0.25, -0.2) is 4.79 Å². The van der Waals surface area contributed by atoms with Crippen molar-refractivity contribution in [3.05, 3.63) is 29.3 Å². The lowest BCUT2D eigenvalue weighted by Gasteiger charge is -2.13. The maximum absolute atomic E-state index is 11.6. The zero-order valence-corrected chi connectivity index (χ0v) is 11.4. The summed E-state index contributed by atoms with van der Waals surface area (Å²) in [6, 6.07) is 4.69. The maximum atomic E-state index is 11.6. The third-order valence-electron chi connectivity index (χ3n) is 2.81. The second-order valence-electron chi connectivity index (χ2n) is 4.45. The van der Waals surface area contributed by atoms with Crippen molar-refractivity contribution in [1.82, 2.24) is 5.32 Å². The molecule has 0 aliphatic heterocycles. The first kappa shape index (κ1) is 15.0. The van der Waals surface area contributed by atoms with Crippen LogP contribution in [0.3, 0.4) is 0 Å². The van der Waals surface area contributed by atoms with Gasteiger partial charge in [-0.1, -0.05) is 13.0 Å². The number of aromatic carboxylic acids is 1. The number of benzene rings is 1. The van der Waals surface area contributed by atoms with Crippen molar-refractivity contribution in [2.24, 2.45) is 0 Å². The van der Waals surface area contributed by atoms with Crippen LogP contribution in [0.15, 0.2) is 18.2 Å². The molecule has 1 aromatic rings. The summed E-state index contributed by atoms with van der Waals surface area (Å²) in [5.41, 5.74) is 0.935. The molecule has 1 unspecified atom stereocenters. The van der Waals surface area contributed by atoms with Crippen molar-refractivity contribution in [3.8, 4) is 5.75 Å². The molecule has 0 saturated heterocycles. The van der Waals surface area contributed by atoms with Gasteiger partial charge in [0.1, 0.15) is 5.75 Å². The van der Waals surface area contributed by atoms with Crippen LogP contribution in [0.2, 0.25) is 0 Å². The fraction of sp³-hybridized carbons (Fsp3) is 0.429. The number of carboxylic acid groups (broad SMARTS) is 1. The molecule has 0 aliphatic carbocycles. The van der Waals surface area contributed by atoms with Crippen molar-refractivity contribution < 1.29 is 19.4 Å². The van der Waals surface area contributed by atoms with E-state index in [9.17, 15) is 9.59 Å². The van der Waals surface area contributed by atoms with Crippen LogP contribution in [-0.4, -0.2) is 29.6 Å². The Bertz CT molecular complexity index is 471. The van der Waals surface area contributed by atoms with Crippen LogP contribution in [0, 0.1) is 6.92 Å². The molecule has 1 rings (SSSR count). The molecule has 0 radical (unpaired) electrons. The zero-order chi connectivity index (χ0) is 14.4. The van der Waals surface area contributed by atoms with E-state index >= 15 is 0 Å². The largest absolute Gasteiger partial charge is 0.483 e. The lowest BCUT2D eigenvalue weighted by Crippen LogP contribution is -2.35. The summed E-state index contributed by atoms with van der Waals surface area (Å²) in [6.07, 6.45) is 0.846. The second-order valence-corrected chi connectivity index (χ2v) is 4.45. The summed E-state index contributed by atoms with van der Waals surface area (Å²) >= 11 is 0. The molecule has 1 aromatic carbocycles. The summed E-state index contributed by atoms with van der Waals surface area (Å²) in [5, 5.41) is 11.7. The van der Waals surface area contributed by atoms with Crippen molar-refractivity contribution in [1.29, 1.82) is 0 Å². The van der Waals surface area contributed by atoms with E-state index in [2.05, 4.69) is 5.32 Å². The average molecular weight is 265 g/mol. The molecule has 1 amide bonds. The molecule has 5 nitrogen and oxygen atoms in total. The molecule has 0 saturated carbocycles. The third-order valence-corrected chi connectivity index (χ3v) is 2.81. The Labute approximate surface area is 112 Å². The first-order chi connectivity index (χ1) is 8.93. The van der Waals surface area contributed by atoms with E-state index in [4.69, 9.17) is 9.84 Å². The molecule has 0 aromatic heterocycles. The van der Waals surface area contributed by atoms with E-state index in [0.29, 0.717) is 5.75 Å². The predicted molar refractivity (Wildman–Crippen MR) is 71.5 cm³/mol. The Kier molecular flexibility index (Phi) is 5.36. The minimum absolute atomic E-state index is 0.0996. The summed E-state index contributed by atoms with van der Waals surface area (Å²) in [4.78, 5) is 22.4. The van der Waals surface area contributed by atoms with Gasteiger partial charge in [0.2, 0.25) is 0 Å². The Morgan fingerprint density at radius 3 is 2.68 bits per heavy atom. The van der Waals surface area contributed by atoms with Crippen molar-refractivity contribution >= 4 is 11.9 Å². The van der Waals surface area contributed by atoms with Crippen molar-refractivity contribution in [2.45, 2.75) is 33.2 Å². The molecule has 104 valence electrons. The van der Waals surface area contributed by atoms with Crippen LogP contribution in [0.5, 0.6) is 5.75 Å². The number of nitrogens with one attached hydrogen (secondary N) is 1. The highest BCUT2D eigenvalue weighted by atomic mass is 16.5. The molecular formula is C14H19NO4. The summed E-state index contributed by atoms with van der Waals surface area (Å²) < 4.78 is 5.36. The van der Waals surface area contributed by atoms with Crippen LogP contribution in [0.4, 0.5) is 0 Å². The van der Waals surface area contributed by atoms with E-state index in [1.54, 1.807) is 13.0 Å². The van der Waals surface area contributed by atoms with Crippen LogP contribution >= 0.6 is 0 Å². The SMILES string of the molecule is CCC(C)NC(=O)COc1cc(C(=O)O)ccc1C. The van der Waals surface area contributed by atoms with E-state index in [-0.39, 0.29) is 24.1 Å². The van der Waals surface area contributed by atoms with E-state index < -0.39 is 5.97 Å². The van der Waals surface area contributed by atoms with Gasteiger partial charge in [-0.2, -0.15) is 0 Å². The van der Waals surface area contributed by atoms with E-state index in [1.165, 1.54) is 12.1 Å². The monoisotopic (exact) mass is 265 g/mol. The average Bonchev–Trinajstić information content (AvgIpc) is 2.37. The van der Waals surface area contributed by atoms with Gasteiger partial charge in [-0.05, 0) is 38.0 Å². The van der Waals surface area contributed by atoms with Gasteiger partial charge < -0.3 is 15.2 Å². The Morgan fingerprint density at radius 1 is 1.42 bits per heavy atom. The van der Waals surface area contributed by atoms with Crippen molar-refractivity contribution in [2.75, 3.05) is 6.61 Å². The summed E-state index contributed by atoms with van der Waals surface area (Å²) in [7, 11) is 0. The standard InChI is InChI=1S/C14H19NO4/c1-4-10(3)15-13(16)8-19-12-7-11(14(17)18)6-5-9(12)2/h5-7,10H,4,8H2,1-3H3,(H,15,16)(H,17,18). The van der Waals surface area contributed by atoms with E-state index in [0.717, 1.165) is 12.0 Å². The quantitative estimate of drug-likeness (QED) is 0.824. The first-order valence-electron chi connectivity index (χ1n) is 6.20. The molecule has 0 heterocycles. The minimum atomic E-state index is -1.02. The zero-order valence-electron chi connectivity index (χ0n) is 11.4. The highest BCUT2D eigenvalue weighted by Crippen LogP contribution is 2.19. The number of hydrogen-bond donors (Lipinski definition) is 2. The van der Waals surface area contributed by atoms with Gasteiger partial charge in [-0.15, -0.1) is 0 Å². The number of carbonyl (C=O) groups excluding carboxylic acids is 1. The highest BCUT2D eigenvalue weighted by Gasteiger charge is 2.10. The Hall–Kier alpha value is -2.04. The molecule has 19 heavy (non-hydrogen) atoms. The second kappa shape index (κ2) is 6.78. The number of carbonyl (C=O) groups is 2. The van der Waals surface area contributed by atoms with Crippen LogP contribution in [-0.2, 0) is 4.79 Å². The van der Waals surface area contributed by atoms with E-state index in [1.807, 2.05) is 13.8 Å². The number of ether oxygens (including phenoxy) is 1. The normalized spacial score (nSPS) is 11.7. The van der Waals surface area contributed by atoms with Gasteiger partial charge in [0.15, 0.2) is 6.61 Å². The molecule has 0 bridgehead atoms. The number of carboxylic acids is 1. The van der Waals surface area contributed by atoms with Gasteiger partial charge in [0, 0.05) is 6.04 Å². The minimum Gasteiger partial charge on any atom is -0.483 e. The molecule has 0 spiro atoms. The highest BCUT2D eigenvalue weighted by molar-refractivity contribution is 5.88. The lowest BCUT2D eigenvalue weighted by atomic mass is 10.1. The smallest absolute Gasteiger partial charge is 0.335 e. The molecule has 0 fully saturated rings. The fourth-order valence-electron chi connectivity index (χ4n) is 1.45. The lowest BCUT2D eigenvalue weighted by molar-refractivity contribution is -0.123. The van der Waals surface area contributed by atoms with Crippen LogP contribution in [0.1, 0.15) is 36.2 Å². The number of rotatable bonds is 6. The molecule has 1 atom stereocenters. The Balaban J connectivity index is 2.64. The molecular weight excluding hydrogens is 246 g/mol. The molecule has 0 aliphatic rings. The number of hydrogen-bond acceptors (Lipinski definition) is 3. The number of aryl methyl sites for hydroxylation is 1. The maximum Gasteiger partial charge on any atom is 0.335 e. The summed E-state index contributed by atoms with van der Waals surface area (Å²) in [5.74, 6) is -0.817. The number of amides is 1. The van der Waals surface area contributed by atoms with Crippen LogP contribution in [0.25, 0.3) is 0 Å². The van der Waals surface area contributed by atoms with Gasteiger partial charge in [0.25, 0.3) is 5.91 Å². The fourth-order valence-corrected chi connectivity index (χ4v) is 1.45. The first-order valence-corrected chi connectivity index (χ1v) is 6.20. The van der Waals surface area contributed by atoms with Gasteiger partial charge in [0.05, 0.1) is 5.56 Å². The van der Waals surface area contributed by atoms with Gasteiger partial charge >= 0.3 is 5.97 Å². The van der Waals surface area contributed by atoms with Crippen molar-refractivity contribution in [3.63, 3.8) is 0 Å². The third kappa shape index (κ3) is 4.62. The summed E-state index contributed by atoms with van der Waals surface area (Å²) in [6.45, 7) is 5.57.